The molecule has 24 heavy (non-hydrogen) atoms. The molecule has 1 fully saturated rings. The first-order valence-corrected chi connectivity index (χ1v) is 8.47. The standard InChI is InChI=1S/C17H23N5O2/c1-13-4-2-3-5-16(13)24-11-10-18-17(23)14-6-8-15(9-7-14)22-12-19-20-21-22/h6-9,12-13,16H,2-5,10-11H2,1H3,(H,18,23)/t13-,16+/m0/s1. The zero-order chi connectivity index (χ0) is 16.8. The van der Waals surface area contributed by atoms with Crippen molar-refractivity contribution in [2.45, 2.75) is 38.7 Å². The van der Waals surface area contributed by atoms with Gasteiger partial charge in [0.2, 0.25) is 0 Å². The van der Waals surface area contributed by atoms with E-state index in [0.29, 0.717) is 30.7 Å². The second kappa shape index (κ2) is 8.01. The van der Waals surface area contributed by atoms with Crippen molar-refractivity contribution in [1.82, 2.24) is 25.5 Å². The third-order valence-electron chi connectivity index (χ3n) is 4.50. The van der Waals surface area contributed by atoms with E-state index >= 15 is 0 Å². The summed E-state index contributed by atoms with van der Waals surface area (Å²) in [5.74, 6) is 0.520. The lowest BCUT2D eigenvalue weighted by Crippen LogP contribution is -2.31. The van der Waals surface area contributed by atoms with Gasteiger partial charge < -0.3 is 10.1 Å². The van der Waals surface area contributed by atoms with Gasteiger partial charge in [-0.3, -0.25) is 4.79 Å². The van der Waals surface area contributed by atoms with Crippen LogP contribution in [0.2, 0.25) is 0 Å². The van der Waals surface area contributed by atoms with Gasteiger partial charge in [0.15, 0.2) is 0 Å². The zero-order valence-electron chi connectivity index (χ0n) is 13.9. The van der Waals surface area contributed by atoms with Crippen molar-refractivity contribution in [2.75, 3.05) is 13.2 Å². The Kier molecular flexibility index (Phi) is 5.53. The first kappa shape index (κ1) is 16.6. The Morgan fingerprint density at radius 1 is 1.29 bits per heavy atom. The van der Waals surface area contributed by atoms with Gasteiger partial charge in [0.1, 0.15) is 6.33 Å². The van der Waals surface area contributed by atoms with E-state index in [4.69, 9.17) is 4.74 Å². The Bertz CT molecular complexity index is 642. The molecule has 128 valence electrons. The number of rotatable bonds is 6. The van der Waals surface area contributed by atoms with E-state index in [-0.39, 0.29) is 5.91 Å². The molecule has 1 aliphatic rings. The molecule has 1 aromatic heterocycles. The Hall–Kier alpha value is -2.28. The van der Waals surface area contributed by atoms with Crippen molar-refractivity contribution in [2.24, 2.45) is 5.92 Å². The van der Waals surface area contributed by atoms with Gasteiger partial charge in [0.05, 0.1) is 18.4 Å². The molecule has 0 spiro atoms. The van der Waals surface area contributed by atoms with Crippen molar-refractivity contribution in [3.8, 4) is 5.69 Å². The van der Waals surface area contributed by atoms with Gasteiger partial charge in [-0.25, -0.2) is 4.68 Å². The summed E-state index contributed by atoms with van der Waals surface area (Å²) in [5, 5.41) is 13.9. The molecule has 0 unspecified atom stereocenters. The van der Waals surface area contributed by atoms with Crippen LogP contribution in [0.1, 0.15) is 43.0 Å². The zero-order valence-corrected chi connectivity index (χ0v) is 13.9. The van der Waals surface area contributed by atoms with Gasteiger partial charge in [-0.15, -0.1) is 5.10 Å². The fraction of sp³-hybridized carbons (Fsp3) is 0.529. The lowest BCUT2D eigenvalue weighted by Gasteiger charge is -2.28. The van der Waals surface area contributed by atoms with E-state index in [0.717, 1.165) is 12.1 Å². The molecule has 1 aliphatic carbocycles. The van der Waals surface area contributed by atoms with Crippen molar-refractivity contribution >= 4 is 5.91 Å². The molecule has 1 heterocycles. The van der Waals surface area contributed by atoms with Crippen molar-refractivity contribution < 1.29 is 9.53 Å². The number of carbonyl (C=O) groups is 1. The van der Waals surface area contributed by atoms with E-state index in [9.17, 15) is 4.79 Å². The fourth-order valence-corrected chi connectivity index (χ4v) is 3.05. The van der Waals surface area contributed by atoms with E-state index in [1.807, 2.05) is 12.1 Å². The molecule has 7 heteroatoms. The number of nitrogens with zero attached hydrogens (tertiary/aromatic N) is 4. The summed E-state index contributed by atoms with van der Waals surface area (Å²) in [4.78, 5) is 12.1. The Labute approximate surface area is 141 Å². The van der Waals surface area contributed by atoms with Crippen LogP contribution in [0.15, 0.2) is 30.6 Å². The Balaban J connectivity index is 1.43. The van der Waals surface area contributed by atoms with Crippen LogP contribution in [0.4, 0.5) is 0 Å². The van der Waals surface area contributed by atoms with Crippen LogP contribution in [0, 0.1) is 5.92 Å². The van der Waals surface area contributed by atoms with Crippen LogP contribution in [0.5, 0.6) is 0 Å². The van der Waals surface area contributed by atoms with Crippen LogP contribution in [-0.4, -0.2) is 45.4 Å². The van der Waals surface area contributed by atoms with Crippen LogP contribution in [0.3, 0.4) is 0 Å². The van der Waals surface area contributed by atoms with Gasteiger partial charge in [-0.05, 0) is 53.5 Å². The normalized spacial score (nSPS) is 20.7. The highest BCUT2D eigenvalue weighted by molar-refractivity contribution is 5.94. The summed E-state index contributed by atoms with van der Waals surface area (Å²) < 4.78 is 7.45. The first-order valence-electron chi connectivity index (χ1n) is 8.47. The molecule has 0 bridgehead atoms. The van der Waals surface area contributed by atoms with E-state index < -0.39 is 0 Å². The minimum atomic E-state index is -0.0986. The van der Waals surface area contributed by atoms with Gasteiger partial charge in [-0.2, -0.15) is 0 Å². The van der Waals surface area contributed by atoms with Crippen LogP contribution >= 0.6 is 0 Å². The van der Waals surface area contributed by atoms with Gasteiger partial charge in [0.25, 0.3) is 5.91 Å². The summed E-state index contributed by atoms with van der Waals surface area (Å²) in [5.41, 5.74) is 1.42. The molecular formula is C17H23N5O2. The molecule has 1 saturated carbocycles. The summed E-state index contributed by atoms with van der Waals surface area (Å²) in [7, 11) is 0. The summed E-state index contributed by atoms with van der Waals surface area (Å²) in [6.45, 7) is 3.33. The van der Waals surface area contributed by atoms with Crippen molar-refractivity contribution in [3.63, 3.8) is 0 Å². The lowest BCUT2D eigenvalue weighted by molar-refractivity contribution is -0.00293. The number of tetrazole rings is 1. The molecule has 1 N–H and O–H groups in total. The number of hydrogen-bond donors (Lipinski definition) is 1. The van der Waals surface area contributed by atoms with E-state index in [2.05, 4.69) is 27.8 Å². The van der Waals surface area contributed by atoms with Crippen LogP contribution in [0.25, 0.3) is 5.69 Å². The van der Waals surface area contributed by atoms with Gasteiger partial charge in [0, 0.05) is 12.1 Å². The molecule has 1 amide bonds. The van der Waals surface area contributed by atoms with Crippen LogP contribution in [-0.2, 0) is 4.74 Å². The molecule has 0 aliphatic heterocycles. The maximum absolute atomic E-state index is 12.1. The second-order valence-electron chi connectivity index (χ2n) is 6.23. The molecule has 7 nitrogen and oxygen atoms in total. The second-order valence-corrected chi connectivity index (χ2v) is 6.23. The van der Waals surface area contributed by atoms with Crippen molar-refractivity contribution in [3.05, 3.63) is 36.2 Å². The molecule has 2 atom stereocenters. The maximum Gasteiger partial charge on any atom is 0.251 e. The predicted octanol–water partition coefficient (Wildman–Crippen LogP) is 1.99. The third-order valence-corrected chi connectivity index (χ3v) is 4.50. The number of amides is 1. The molecule has 1 aromatic carbocycles. The van der Waals surface area contributed by atoms with E-state index in [1.165, 1.54) is 25.6 Å². The number of hydrogen-bond acceptors (Lipinski definition) is 5. The largest absolute Gasteiger partial charge is 0.376 e. The highest BCUT2D eigenvalue weighted by atomic mass is 16.5. The highest BCUT2D eigenvalue weighted by Crippen LogP contribution is 2.25. The predicted molar refractivity (Wildman–Crippen MR) is 88.9 cm³/mol. The molecule has 2 aromatic rings. The minimum Gasteiger partial charge on any atom is -0.376 e. The number of nitrogens with one attached hydrogen (secondary N) is 1. The average molecular weight is 329 g/mol. The van der Waals surface area contributed by atoms with Gasteiger partial charge >= 0.3 is 0 Å². The fourth-order valence-electron chi connectivity index (χ4n) is 3.05. The average Bonchev–Trinajstić information content (AvgIpc) is 3.15. The number of benzene rings is 1. The monoisotopic (exact) mass is 329 g/mol. The number of carbonyl (C=O) groups excluding carboxylic acids is 1. The highest BCUT2D eigenvalue weighted by Gasteiger charge is 2.21. The minimum absolute atomic E-state index is 0.0986. The number of ether oxygens (including phenoxy) is 1. The van der Waals surface area contributed by atoms with E-state index in [1.54, 1.807) is 16.8 Å². The van der Waals surface area contributed by atoms with Gasteiger partial charge in [-0.1, -0.05) is 19.8 Å². The quantitative estimate of drug-likeness (QED) is 0.820. The topological polar surface area (TPSA) is 81.9 Å². The molecule has 0 saturated heterocycles. The number of aromatic nitrogens is 4. The third kappa shape index (κ3) is 4.17. The smallest absolute Gasteiger partial charge is 0.251 e. The Morgan fingerprint density at radius 2 is 2.08 bits per heavy atom. The summed E-state index contributed by atoms with van der Waals surface area (Å²) in [6.07, 6.45) is 6.77. The first-order chi connectivity index (χ1) is 11.7. The molecular weight excluding hydrogens is 306 g/mol. The SMILES string of the molecule is C[C@H]1CCCC[C@H]1OCCNC(=O)c1ccc(-n2cnnn2)cc1. The van der Waals surface area contributed by atoms with Crippen molar-refractivity contribution in [1.29, 1.82) is 0 Å². The van der Waals surface area contributed by atoms with Crippen LogP contribution < -0.4 is 5.32 Å². The maximum atomic E-state index is 12.1. The lowest BCUT2D eigenvalue weighted by atomic mass is 9.88. The Morgan fingerprint density at radius 3 is 2.79 bits per heavy atom. The summed E-state index contributed by atoms with van der Waals surface area (Å²) in [6, 6.07) is 7.14. The molecule has 3 rings (SSSR count). The summed E-state index contributed by atoms with van der Waals surface area (Å²) >= 11 is 0. The molecule has 0 radical (unpaired) electrons.